The number of hydrogen-bond donors (Lipinski definition) is 0. The third-order valence-corrected chi connectivity index (χ3v) is 3.49. The Labute approximate surface area is 122 Å². The molecule has 0 aromatic heterocycles. The third-order valence-electron chi connectivity index (χ3n) is 3.49. The molecule has 0 atom stereocenters. The summed E-state index contributed by atoms with van der Waals surface area (Å²) >= 11 is 0. The Morgan fingerprint density at radius 3 is 2.52 bits per heavy atom. The maximum absolute atomic E-state index is 14.0. The number of carbonyl (C=O) groups is 1. The molecule has 0 unspecified atom stereocenters. The molecule has 0 saturated heterocycles. The Bertz CT molecular complexity index is 708. The predicted molar refractivity (Wildman–Crippen MR) is 80.8 cm³/mol. The van der Waals surface area contributed by atoms with Crippen LogP contribution >= 0.6 is 0 Å². The van der Waals surface area contributed by atoms with Gasteiger partial charge in [0, 0.05) is 5.18 Å². The molecule has 0 fully saturated rings. The monoisotopic (exact) mass is 285 g/mol. The second-order valence-corrected chi connectivity index (χ2v) is 5.32. The molecule has 0 saturated carbocycles. The highest BCUT2D eigenvalue weighted by molar-refractivity contribution is 5.96. The summed E-state index contributed by atoms with van der Waals surface area (Å²) in [5, 5.41) is 2.27. The molecule has 2 rings (SSSR count). The van der Waals surface area contributed by atoms with Gasteiger partial charge in [-0.2, -0.15) is 0 Å². The fraction of sp³-hybridized carbons (Fsp3) is 0.235. The Morgan fingerprint density at radius 1 is 1.19 bits per heavy atom. The van der Waals surface area contributed by atoms with Crippen molar-refractivity contribution in [3.63, 3.8) is 0 Å². The van der Waals surface area contributed by atoms with E-state index >= 15 is 0 Å². The first-order valence-electron chi connectivity index (χ1n) is 6.72. The summed E-state index contributed by atoms with van der Waals surface area (Å²) in [6, 6.07) is 10.5. The van der Waals surface area contributed by atoms with Gasteiger partial charge in [0.2, 0.25) is 0 Å². The van der Waals surface area contributed by atoms with E-state index < -0.39 is 11.7 Å². The molecule has 108 valence electrons. The van der Waals surface area contributed by atoms with Gasteiger partial charge in [-0.1, -0.05) is 38.1 Å². The minimum absolute atomic E-state index is 0.286. The lowest BCUT2D eigenvalue weighted by atomic mass is 9.94. The molecule has 0 aliphatic rings. The minimum Gasteiger partial charge on any atom is -0.263 e. The van der Waals surface area contributed by atoms with E-state index in [0.29, 0.717) is 11.5 Å². The van der Waals surface area contributed by atoms with Gasteiger partial charge in [-0.05, 0) is 47.2 Å². The van der Waals surface area contributed by atoms with E-state index in [-0.39, 0.29) is 5.56 Å². The number of benzene rings is 2. The SMILES string of the molecule is Cc1cc(C(=O)N=O)c(F)cc1-c1cccc(C(C)C)c1. The van der Waals surface area contributed by atoms with Gasteiger partial charge in [0.05, 0.1) is 5.56 Å². The van der Waals surface area contributed by atoms with Gasteiger partial charge in [0.25, 0.3) is 0 Å². The van der Waals surface area contributed by atoms with Crippen molar-refractivity contribution in [1.82, 2.24) is 0 Å². The standard InChI is InChI=1S/C17H16FNO2/c1-10(2)12-5-4-6-13(8-12)14-9-16(18)15(7-11(14)3)17(20)19-21/h4-10H,1-3H3. The topological polar surface area (TPSA) is 46.5 Å². The van der Waals surface area contributed by atoms with Crippen molar-refractivity contribution in [3.05, 3.63) is 63.8 Å². The number of nitroso groups, excluding NO2 is 1. The lowest BCUT2D eigenvalue weighted by molar-refractivity contribution is 0.0997. The molecule has 0 radical (unpaired) electrons. The van der Waals surface area contributed by atoms with Crippen LogP contribution in [0.4, 0.5) is 4.39 Å². The summed E-state index contributed by atoms with van der Waals surface area (Å²) in [5.74, 6) is -1.44. The van der Waals surface area contributed by atoms with Crippen molar-refractivity contribution in [2.45, 2.75) is 26.7 Å². The van der Waals surface area contributed by atoms with Gasteiger partial charge in [-0.25, -0.2) is 4.39 Å². The normalized spacial score (nSPS) is 10.7. The molecule has 0 aliphatic heterocycles. The fourth-order valence-corrected chi connectivity index (χ4v) is 2.27. The first kappa shape index (κ1) is 15.0. The Morgan fingerprint density at radius 2 is 1.90 bits per heavy atom. The zero-order valence-corrected chi connectivity index (χ0v) is 12.2. The van der Waals surface area contributed by atoms with Crippen LogP contribution in [0.3, 0.4) is 0 Å². The molecule has 3 nitrogen and oxygen atoms in total. The van der Waals surface area contributed by atoms with Crippen LogP contribution in [0.25, 0.3) is 11.1 Å². The molecule has 2 aromatic rings. The number of halogens is 1. The zero-order valence-electron chi connectivity index (χ0n) is 12.2. The maximum Gasteiger partial charge on any atom is 0.319 e. The zero-order chi connectivity index (χ0) is 15.6. The van der Waals surface area contributed by atoms with Gasteiger partial charge >= 0.3 is 5.91 Å². The van der Waals surface area contributed by atoms with Crippen LogP contribution in [0.5, 0.6) is 0 Å². The van der Waals surface area contributed by atoms with Crippen LogP contribution in [-0.2, 0) is 0 Å². The van der Waals surface area contributed by atoms with Gasteiger partial charge in [0.1, 0.15) is 5.82 Å². The summed E-state index contributed by atoms with van der Waals surface area (Å²) in [5.41, 5.74) is 3.19. The van der Waals surface area contributed by atoms with E-state index in [4.69, 9.17) is 0 Å². The van der Waals surface area contributed by atoms with Gasteiger partial charge < -0.3 is 0 Å². The van der Waals surface area contributed by atoms with Crippen LogP contribution in [0.1, 0.15) is 41.3 Å². The summed E-state index contributed by atoms with van der Waals surface area (Å²) in [6.07, 6.45) is 0. The first-order valence-corrected chi connectivity index (χ1v) is 6.72. The van der Waals surface area contributed by atoms with E-state index in [2.05, 4.69) is 19.0 Å². The van der Waals surface area contributed by atoms with Crippen LogP contribution in [0, 0.1) is 17.6 Å². The number of rotatable bonds is 3. The number of amides is 1. The lowest BCUT2D eigenvalue weighted by Gasteiger charge is -2.11. The van der Waals surface area contributed by atoms with Crippen molar-refractivity contribution >= 4 is 5.91 Å². The molecular formula is C17H16FNO2. The number of carbonyl (C=O) groups excluding carboxylic acids is 1. The van der Waals surface area contributed by atoms with Crippen molar-refractivity contribution in [1.29, 1.82) is 0 Å². The van der Waals surface area contributed by atoms with E-state index in [1.165, 1.54) is 12.1 Å². The predicted octanol–water partition coefficient (Wildman–Crippen LogP) is 4.83. The highest BCUT2D eigenvalue weighted by Gasteiger charge is 2.16. The highest BCUT2D eigenvalue weighted by atomic mass is 19.1. The highest BCUT2D eigenvalue weighted by Crippen LogP contribution is 2.29. The van der Waals surface area contributed by atoms with E-state index in [9.17, 15) is 14.1 Å². The van der Waals surface area contributed by atoms with Crippen LogP contribution in [0.2, 0.25) is 0 Å². The smallest absolute Gasteiger partial charge is 0.263 e. The largest absolute Gasteiger partial charge is 0.319 e. The average molecular weight is 285 g/mol. The second-order valence-electron chi connectivity index (χ2n) is 5.32. The average Bonchev–Trinajstić information content (AvgIpc) is 2.48. The summed E-state index contributed by atoms with van der Waals surface area (Å²) in [4.78, 5) is 21.5. The molecule has 2 aromatic carbocycles. The molecular weight excluding hydrogens is 269 g/mol. The third kappa shape index (κ3) is 3.05. The van der Waals surface area contributed by atoms with E-state index in [1.54, 1.807) is 6.92 Å². The number of aryl methyl sites for hydroxylation is 1. The minimum atomic E-state index is -1.09. The molecule has 21 heavy (non-hydrogen) atoms. The molecule has 0 spiro atoms. The van der Waals surface area contributed by atoms with E-state index in [1.807, 2.05) is 24.3 Å². The molecule has 0 aliphatic carbocycles. The van der Waals surface area contributed by atoms with Gasteiger partial charge in [-0.15, -0.1) is 4.91 Å². The number of hydrogen-bond acceptors (Lipinski definition) is 2. The van der Waals surface area contributed by atoms with Crippen LogP contribution < -0.4 is 0 Å². The summed E-state index contributed by atoms with van der Waals surface area (Å²) in [7, 11) is 0. The van der Waals surface area contributed by atoms with Gasteiger partial charge in [-0.3, -0.25) is 4.79 Å². The molecule has 1 amide bonds. The lowest BCUT2D eigenvalue weighted by Crippen LogP contribution is -2.00. The van der Waals surface area contributed by atoms with Crippen molar-refractivity contribution in [3.8, 4) is 11.1 Å². The Kier molecular flexibility index (Phi) is 4.26. The molecule has 0 bridgehead atoms. The summed E-state index contributed by atoms with van der Waals surface area (Å²) < 4.78 is 14.0. The van der Waals surface area contributed by atoms with Crippen molar-refractivity contribution in [2.75, 3.05) is 0 Å². The van der Waals surface area contributed by atoms with E-state index in [0.717, 1.165) is 16.7 Å². The fourth-order valence-electron chi connectivity index (χ4n) is 2.27. The number of nitrogens with zero attached hydrogens (tertiary/aromatic N) is 1. The molecule has 4 heteroatoms. The quantitative estimate of drug-likeness (QED) is 0.758. The van der Waals surface area contributed by atoms with Crippen LogP contribution in [-0.4, -0.2) is 5.91 Å². The van der Waals surface area contributed by atoms with Gasteiger partial charge in [0.15, 0.2) is 0 Å². The van der Waals surface area contributed by atoms with Crippen molar-refractivity contribution < 1.29 is 9.18 Å². The molecule has 0 heterocycles. The Balaban J connectivity index is 2.55. The second kappa shape index (κ2) is 5.95. The summed E-state index contributed by atoms with van der Waals surface area (Å²) in [6.45, 7) is 5.95. The first-order chi connectivity index (χ1) is 9.93. The van der Waals surface area contributed by atoms with Crippen LogP contribution in [0.15, 0.2) is 41.6 Å². The van der Waals surface area contributed by atoms with Crippen molar-refractivity contribution in [2.24, 2.45) is 5.18 Å². The molecule has 0 N–H and O–H groups in total. The maximum atomic E-state index is 14.0. The Hall–Kier alpha value is -2.36.